The Labute approximate surface area is 199 Å². The Hall–Kier alpha value is -3.22. The second-order valence-electron chi connectivity index (χ2n) is 10.7. The first-order chi connectivity index (χ1) is 15.9. The van der Waals surface area contributed by atoms with E-state index in [1.165, 1.54) is 12.7 Å². The maximum atomic E-state index is 13.7. The van der Waals surface area contributed by atoms with Gasteiger partial charge in [0.25, 0.3) is 0 Å². The topological polar surface area (TPSA) is 95.7 Å². The number of esters is 1. The number of nitro groups is 1. The van der Waals surface area contributed by atoms with Crippen molar-refractivity contribution in [2.75, 3.05) is 20.3 Å². The minimum absolute atomic E-state index is 0.0152. The first-order valence-electron chi connectivity index (χ1n) is 11.6. The van der Waals surface area contributed by atoms with E-state index in [9.17, 15) is 19.7 Å². The summed E-state index contributed by atoms with van der Waals surface area (Å²) in [6.45, 7) is 8.48. The van der Waals surface area contributed by atoms with Gasteiger partial charge in [0.05, 0.1) is 36.7 Å². The number of ketones is 1. The molecule has 0 bridgehead atoms. The highest BCUT2D eigenvalue weighted by Crippen LogP contribution is 2.49. The van der Waals surface area contributed by atoms with Gasteiger partial charge in [-0.05, 0) is 64.6 Å². The lowest BCUT2D eigenvalue weighted by molar-refractivity contribution is -0.484. The molecule has 0 radical (unpaired) electrons. The van der Waals surface area contributed by atoms with Crippen LogP contribution in [0.3, 0.4) is 0 Å². The molecule has 180 valence electrons. The molecule has 0 saturated carbocycles. The van der Waals surface area contributed by atoms with Crippen LogP contribution in [0.1, 0.15) is 83.9 Å². The molecule has 0 fully saturated rings. The second-order valence-corrected chi connectivity index (χ2v) is 10.7. The number of fused-ring (bicyclic) bond motifs is 2. The molecule has 0 spiro atoms. The average molecular weight is 466 g/mol. The average Bonchev–Trinajstić information content (AvgIpc) is 2.80. The molecule has 2 aliphatic rings. The highest BCUT2D eigenvalue weighted by atomic mass is 16.6. The summed E-state index contributed by atoms with van der Waals surface area (Å²) < 4.78 is 10.8. The third-order valence-electron chi connectivity index (χ3n) is 7.57. The number of carbonyl (C=O) groups excluding carboxylic acids is 2. The van der Waals surface area contributed by atoms with Crippen molar-refractivity contribution in [2.45, 2.75) is 57.3 Å². The summed E-state index contributed by atoms with van der Waals surface area (Å²) in [4.78, 5) is 36.6. The Morgan fingerprint density at radius 2 is 1.71 bits per heavy atom. The van der Waals surface area contributed by atoms with Crippen LogP contribution in [0.5, 0.6) is 5.75 Å². The Balaban J connectivity index is 1.73. The number of benzene rings is 2. The molecule has 4 rings (SSSR count). The van der Waals surface area contributed by atoms with Gasteiger partial charge >= 0.3 is 5.97 Å². The van der Waals surface area contributed by atoms with Crippen molar-refractivity contribution in [1.29, 1.82) is 0 Å². The molecular formula is C27H31NO6. The van der Waals surface area contributed by atoms with Crippen molar-refractivity contribution < 1.29 is 24.0 Å². The largest absolute Gasteiger partial charge is 0.492 e. The second kappa shape index (κ2) is 8.53. The molecule has 0 aromatic heterocycles. The van der Waals surface area contributed by atoms with Crippen LogP contribution in [0.4, 0.5) is 0 Å². The molecule has 1 aliphatic heterocycles. The van der Waals surface area contributed by atoms with Crippen molar-refractivity contribution in [3.8, 4) is 5.75 Å². The Kier molecular flexibility index (Phi) is 6.00. The van der Waals surface area contributed by atoms with E-state index in [0.717, 1.165) is 18.4 Å². The number of carbonyl (C=O) groups is 2. The van der Waals surface area contributed by atoms with Gasteiger partial charge in [-0.15, -0.1) is 0 Å². The zero-order valence-corrected chi connectivity index (χ0v) is 20.3. The van der Waals surface area contributed by atoms with Crippen molar-refractivity contribution in [2.24, 2.45) is 5.92 Å². The molecule has 1 aliphatic carbocycles. The number of ether oxygens (including phenoxy) is 2. The van der Waals surface area contributed by atoms with Crippen LogP contribution in [-0.2, 0) is 15.6 Å². The van der Waals surface area contributed by atoms with Gasteiger partial charge in [0.1, 0.15) is 5.75 Å². The zero-order chi connectivity index (χ0) is 24.8. The number of hydrogen-bond acceptors (Lipinski definition) is 6. The predicted molar refractivity (Wildman–Crippen MR) is 127 cm³/mol. The van der Waals surface area contributed by atoms with E-state index in [4.69, 9.17) is 9.47 Å². The molecule has 34 heavy (non-hydrogen) atoms. The third kappa shape index (κ3) is 4.19. The van der Waals surface area contributed by atoms with E-state index in [2.05, 4.69) is 27.7 Å². The summed E-state index contributed by atoms with van der Waals surface area (Å²) >= 11 is 0. The maximum absolute atomic E-state index is 13.7. The summed E-state index contributed by atoms with van der Waals surface area (Å²) in [5.74, 6) is -1.43. The molecule has 2 unspecified atom stereocenters. The van der Waals surface area contributed by atoms with Crippen molar-refractivity contribution in [1.82, 2.24) is 0 Å². The normalized spacial score (nSPS) is 21.0. The minimum Gasteiger partial charge on any atom is -0.492 e. The first-order valence-corrected chi connectivity index (χ1v) is 11.6. The van der Waals surface area contributed by atoms with Gasteiger partial charge in [0, 0.05) is 4.92 Å². The highest BCUT2D eigenvalue weighted by Gasteiger charge is 2.42. The highest BCUT2D eigenvalue weighted by molar-refractivity contribution is 6.02. The van der Waals surface area contributed by atoms with Gasteiger partial charge < -0.3 is 9.47 Å². The Morgan fingerprint density at radius 3 is 2.26 bits per heavy atom. The van der Waals surface area contributed by atoms with Gasteiger partial charge in [-0.25, -0.2) is 4.79 Å². The first kappa shape index (κ1) is 23.9. The smallest absolute Gasteiger partial charge is 0.337 e. The molecule has 2 aromatic rings. The van der Waals surface area contributed by atoms with Crippen LogP contribution in [0, 0.1) is 16.0 Å². The molecule has 0 N–H and O–H groups in total. The summed E-state index contributed by atoms with van der Waals surface area (Å²) in [7, 11) is 1.29. The standard InChI is InChI=1S/C27H31NO6/c1-26(2)10-11-27(3,4)22-13-23-18(12-21(22)26)24(29)20(15-34-23)19(14-28(31)32)16-6-8-17(9-7-16)25(30)33-5/h6-9,12-13,19-20H,10-11,14-15H2,1-5H3. The molecule has 1 heterocycles. The third-order valence-corrected chi connectivity index (χ3v) is 7.57. The summed E-state index contributed by atoms with van der Waals surface area (Å²) in [5, 5.41) is 11.5. The van der Waals surface area contributed by atoms with E-state index in [0.29, 0.717) is 22.4 Å². The van der Waals surface area contributed by atoms with Crippen LogP contribution < -0.4 is 4.74 Å². The number of rotatable bonds is 5. The summed E-state index contributed by atoms with van der Waals surface area (Å²) in [6.07, 6.45) is 2.07. The van der Waals surface area contributed by atoms with E-state index < -0.39 is 29.3 Å². The molecule has 2 atom stereocenters. The van der Waals surface area contributed by atoms with Gasteiger partial charge in [-0.1, -0.05) is 39.8 Å². The van der Waals surface area contributed by atoms with Crippen molar-refractivity contribution >= 4 is 11.8 Å². The van der Waals surface area contributed by atoms with E-state index in [1.54, 1.807) is 24.3 Å². The number of methoxy groups -OCH3 is 1. The lowest BCUT2D eigenvalue weighted by Gasteiger charge is -2.43. The lowest BCUT2D eigenvalue weighted by atomic mass is 9.62. The van der Waals surface area contributed by atoms with Crippen LogP contribution in [-0.4, -0.2) is 36.9 Å². The fourth-order valence-corrected chi connectivity index (χ4v) is 5.27. The number of nitrogens with zero attached hydrogens (tertiary/aromatic N) is 1. The van der Waals surface area contributed by atoms with Gasteiger partial charge in [-0.3, -0.25) is 14.9 Å². The molecule has 7 heteroatoms. The van der Waals surface area contributed by atoms with Crippen LogP contribution in [0.15, 0.2) is 36.4 Å². The van der Waals surface area contributed by atoms with Crippen LogP contribution in [0.25, 0.3) is 0 Å². The van der Waals surface area contributed by atoms with Crippen LogP contribution in [0.2, 0.25) is 0 Å². The Bertz CT molecular complexity index is 1150. The minimum atomic E-state index is -0.695. The number of Topliss-reactive ketones (excluding diaryl/α,β-unsaturated/α-hetero) is 1. The zero-order valence-electron chi connectivity index (χ0n) is 20.3. The molecule has 2 aromatic carbocycles. The Morgan fingerprint density at radius 1 is 1.12 bits per heavy atom. The van der Waals surface area contributed by atoms with Gasteiger partial charge in [0.15, 0.2) is 5.78 Å². The number of hydrogen-bond donors (Lipinski definition) is 0. The van der Waals surface area contributed by atoms with Gasteiger partial charge in [0.2, 0.25) is 6.54 Å². The van der Waals surface area contributed by atoms with E-state index in [-0.39, 0.29) is 23.2 Å². The molecule has 0 amide bonds. The van der Waals surface area contributed by atoms with Crippen molar-refractivity contribution in [3.05, 3.63) is 74.3 Å². The fraction of sp³-hybridized carbons (Fsp3) is 0.481. The molecule has 7 nitrogen and oxygen atoms in total. The fourth-order valence-electron chi connectivity index (χ4n) is 5.27. The van der Waals surface area contributed by atoms with Crippen LogP contribution >= 0.6 is 0 Å². The summed E-state index contributed by atoms with van der Waals surface area (Å²) in [5.41, 5.74) is 3.73. The maximum Gasteiger partial charge on any atom is 0.337 e. The predicted octanol–water partition coefficient (Wildman–Crippen LogP) is 5.07. The van der Waals surface area contributed by atoms with E-state index in [1.807, 2.05) is 12.1 Å². The SMILES string of the molecule is COC(=O)c1ccc(C(C[N+](=O)[O-])C2COc3cc4c(cc3C2=O)C(C)(C)CCC4(C)C)cc1. The quantitative estimate of drug-likeness (QED) is 0.347. The molecule has 0 saturated heterocycles. The lowest BCUT2D eigenvalue weighted by Crippen LogP contribution is -2.38. The summed E-state index contributed by atoms with van der Waals surface area (Å²) in [6, 6.07) is 10.4. The van der Waals surface area contributed by atoms with Crippen molar-refractivity contribution in [3.63, 3.8) is 0 Å². The monoisotopic (exact) mass is 465 g/mol. The van der Waals surface area contributed by atoms with Gasteiger partial charge in [-0.2, -0.15) is 0 Å². The molecular weight excluding hydrogens is 434 g/mol. The van der Waals surface area contributed by atoms with E-state index >= 15 is 0 Å².